The van der Waals surface area contributed by atoms with E-state index in [0.717, 1.165) is 24.4 Å². The minimum Gasteiger partial charge on any atom is -0.491 e. The van der Waals surface area contributed by atoms with Gasteiger partial charge >= 0.3 is 0 Å². The molecule has 0 spiro atoms. The number of β-amino-alcohol motifs (C(OH)–C–C–N with tert-alkyl or cyclic N) is 1. The Morgan fingerprint density at radius 1 is 1.00 bits per heavy atom. The van der Waals surface area contributed by atoms with Gasteiger partial charge in [0.25, 0.3) is 0 Å². The number of rotatable bonds is 6. The largest absolute Gasteiger partial charge is 0.491 e. The van der Waals surface area contributed by atoms with Crippen molar-refractivity contribution in [1.82, 2.24) is 4.90 Å². The lowest BCUT2D eigenvalue weighted by atomic mass is 10.1. The molecule has 1 fully saturated rings. The molecule has 0 radical (unpaired) electrons. The van der Waals surface area contributed by atoms with Crippen LogP contribution in [0.25, 0.3) is 11.1 Å². The predicted octanol–water partition coefficient (Wildman–Crippen LogP) is 3.20. The van der Waals surface area contributed by atoms with Crippen LogP contribution in [0.5, 0.6) is 5.75 Å². The Hall–Kier alpha value is -1.88. The lowest BCUT2D eigenvalue weighted by Gasteiger charge is -2.36. The van der Waals surface area contributed by atoms with Crippen LogP contribution in [0.3, 0.4) is 0 Å². The Morgan fingerprint density at radius 3 is 2.24 bits per heavy atom. The summed E-state index contributed by atoms with van der Waals surface area (Å²) < 4.78 is 11.5. The fourth-order valence-electron chi connectivity index (χ4n) is 3.35. The van der Waals surface area contributed by atoms with Gasteiger partial charge in [0.15, 0.2) is 0 Å². The number of aliphatic hydroxyl groups is 1. The Kier molecular flexibility index (Phi) is 6.08. The average Bonchev–Trinajstić information content (AvgIpc) is 2.60. The number of ether oxygens (including phenoxy) is 2. The molecule has 1 saturated heterocycles. The van der Waals surface area contributed by atoms with Crippen LogP contribution in [0.1, 0.15) is 13.8 Å². The molecule has 3 rings (SSSR count). The molecule has 1 aliphatic heterocycles. The van der Waals surface area contributed by atoms with E-state index in [1.807, 2.05) is 42.5 Å². The van der Waals surface area contributed by atoms with Crippen LogP contribution in [0.15, 0.2) is 54.6 Å². The molecule has 0 aliphatic carbocycles. The van der Waals surface area contributed by atoms with Crippen LogP contribution in [0, 0.1) is 0 Å². The van der Waals surface area contributed by atoms with Crippen molar-refractivity contribution in [3.63, 3.8) is 0 Å². The Morgan fingerprint density at radius 2 is 1.60 bits per heavy atom. The third-order valence-electron chi connectivity index (χ3n) is 4.37. The maximum absolute atomic E-state index is 10.3. The third kappa shape index (κ3) is 5.30. The maximum atomic E-state index is 10.3. The van der Waals surface area contributed by atoms with E-state index in [4.69, 9.17) is 9.47 Å². The second kappa shape index (κ2) is 8.48. The summed E-state index contributed by atoms with van der Waals surface area (Å²) in [5.41, 5.74) is 2.34. The number of nitrogens with zero attached hydrogens (tertiary/aromatic N) is 1. The van der Waals surface area contributed by atoms with Crippen molar-refractivity contribution in [2.24, 2.45) is 0 Å². The number of aliphatic hydroxyl groups excluding tert-OH is 1. The molecule has 0 saturated carbocycles. The summed E-state index contributed by atoms with van der Waals surface area (Å²) in [6, 6.07) is 18.2. The third-order valence-corrected chi connectivity index (χ3v) is 4.37. The molecule has 134 valence electrons. The molecule has 1 N–H and O–H groups in total. The highest BCUT2D eigenvalue weighted by Gasteiger charge is 2.23. The summed E-state index contributed by atoms with van der Waals surface area (Å²) >= 11 is 0. The quantitative estimate of drug-likeness (QED) is 0.876. The van der Waals surface area contributed by atoms with Gasteiger partial charge in [0.2, 0.25) is 0 Å². The average molecular weight is 341 g/mol. The monoisotopic (exact) mass is 341 g/mol. The van der Waals surface area contributed by atoms with Crippen molar-refractivity contribution in [3.8, 4) is 16.9 Å². The Labute approximate surface area is 150 Å². The second-order valence-electron chi connectivity index (χ2n) is 6.83. The first-order valence-corrected chi connectivity index (χ1v) is 8.94. The minimum absolute atomic E-state index is 0.211. The molecule has 1 heterocycles. The van der Waals surface area contributed by atoms with Crippen LogP contribution in [0.4, 0.5) is 0 Å². The molecule has 0 bridgehead atoms. The van der Waals surface area contributed by atoms with E-state index in [1.165, 1.54) is 5.56 Å². The molecular formula is C21H27NO3. The van der Waals surface area contributed by atoms with Gasteiger partial charge in [-0.2, -0.15) is 0 Å². The summed E-state index contributed by atoms with van der Waals surface area (Å²) in [4.78, 5) is 2.24. The zero-order chi connectivity index (χ0) is 17.6. The predicted molar refractivity (Wildman–Crippen MR) is 99.8 cm³/mol. The topological polar surface area (TPSA) is 41.9 Å². The van der Waals surface area contributed by atoms with Crippen molar-refractivity contribution in [2.45, 2.75) is 32.2 Å². The molecule has 4 nitrogen and oxygen atoms in total. The fraction of sp³-hybridized carbons (Fsp3) is 0.429. The molecule has 0 amide bonds. The van der Waals surface area contributed by atoms with Gasteiger partial charge in [-0.1, -0.05) is 42.5 Å². The van der Waals surface area contributed by atoms with E-state index < -0.39 is 6.10 Å². The van der Waals surface area contributed by atoms with Gasteiger partial charge in [-0.15, -0.1) is 0 Å². The number of benzene rings is 2. The highest BCUT2D eigenvalue weighted by atomic mass is 16.5. The van der Waals surface area contributed by atoms with Gasteiger partial charge in [0, 0.05) is 19.6 Å². The first-order valence-electron chi connectivity index (χ1n) is 8.94. The van der Waals surface area contributed by atoms with Crippen LogP contribution in [0.2, 0.25) is 0 Å². The molecule has 2 aromatic rings. The van der Waals surface area contributed by atoms with Gasteiger partial charge in [0.1, 0.15) is 18.5 Å². The van der Waals surface area contributed by atoms with E-state index in [9.17, 15) is 5.11 Å². The molecule has 4 heteroatoms. The van der Waals surface area contributed by atoms with Crippen molar-refractivity contribution < 1.29 is 14.6 Å². The molecule has 1 aliphatic rings. The van der Waals surface area contributed by atoms with E-state index in [1.54, 1.807) is 0 Å². The summed E-state index contributed by atoms with van der Waals surface area (Å²) in [7, 11) is 0. The lowest BCUT2D eigenvalue weighted by molar-refractivity contribution is -0.0786. The first-order chi connectivity index (χ1) is 12.1. The number of hydrogen-bond donors (Lipinski definition) is 1. The first kappa shape index (κ1) is 17.9. The highest BCUT2D eigenvalue weighted by molar-refractivity contribution is 5.63. The van der Waals surface area contributed by atoms with E-state index in [0.29, 0.717) is 13.2 Å². The molecule has 25 heavy (non-hydrogen) atoms. The van der Waals surface area contributed by atoms with Crippen molar-refractivity contribution >= 4 is 0 Å². The van der Waals surface area contributed by atoms with Crippen LogP contribution in [-0.2, 0) is 4.74 Å². The number of morpholine rings is 1. The van der Waals surface area contributed by atoms with Gasteiger partial charge in [-0.3, -0.25) is 4.90 Å². The zero-order valence-electron chi connectivity index (χ0n) is 15.0. The van der Waals surface area contributed by atoms with Gasteiger partial charge in [-0.05, 0) is 37.1 Å². The van der Waals surface area contributed by atoms with E-state index >= 15 is 0 Å². The molecule has 0 aromatic heterocycles. The van der Waals surface area contributed by atoms with Gasteiger partial charge in [-0.25, -0.2) is 0 Å². The Bertz CT molecular complexity index is 634. The highest BCUT2D eigenvalue weighted by Crippen LogP contribution is 2.22. The summed E-state index contributed by atoms with van der Waals surface area (Å²) in [5, 5.41) is 10.3. The molecule has 3 atom stereocenters. The van der Waals surface area contributed by atoms with Crippen molar-refractivity contribution in [1.29, 1.82) is 0 Å². The zero-order valence-corrected chi connectivity index (χ0v) is 15.0. The van der Waals surface area contributed by atoms with Crippen LogP contribution < -0.4 is 4.74 Å². The van der Waals surface area contributed by atoms with Crippen LogP contribution in [-0.4, -0.2) is 54.6 Å². The summed E-state index contributed by atoms with van der Waals surface area (Å²) in [6.07, 6.45) is -0.0869. The molecule has 0 unspecified atom stereocenters. The van der Waals surface area contributed by atoms with E-state index in [-0.39, 0.29) is 12.2 Å². The van der Waals surface area contributed by atoms with Gasteiger partial charge < -0.3 is 14.6 Å². The normalized spacial score (nSPS) is 22.5. The van der Waals surface area contributed by atoms with Gasteiger partial charge in [0.05, 0.1) is 12.2 Å². The molecular weight excluding hydrogens is 314 g/mol. The van der Waals surface area contributed by atoms with Crippen LogP contribution >= 0.6 is 0 Å². The number of hydrogen-bond acceptors (Lipinski definition) is 4. The Balaban J connectivity index is 1.48. The lowest BCUT2D eigenvalue weighted by Crippen LogP contribution is -2.48. The SMILES string of the molecule is C[C@@H]1CN(C[C@H](O)COc2ccc(-c3ccccc3)cc2)C[C@H](C)O1. The van der Waals surface area contributed by atoms with E-state index in [2.05, 4.69) is 30.9 Å². The fourth-order valence-corrected chi connectivity index (χ4v) is 3.35. The summed E-state index contributed by atoms with van der Waals surface area (Å²) in [5.74, 6) is 0.780. The van der Waals surface area contributed by atoms with Crippen molar-refractivity contribution in [2.75, 3.05) is 26.2 Å². The summed E-state index contributed by atoms with van der Waals surface area (Å²) in [6.45, 7) is 6.75. The second-order valence-corrected chi connectivity index (χ2v) is 6.83. The maximum Gasteiger partial charge on any atom is 0.119 e. The standard InChI is InChI=1S/C21H27NO3/c1-16-12-22(13-17(2)25-16)14-20(23)15-24-21-10-8-19(9-11-21)18-6-4-3-5-7-18/h3-11,16-17,20,23H,12-15H2,1-2H3/t16-,17+,20-/m0/s1. The molecule has 2 aromatic carbocycles. The van der Waals surface area contributed by atoms with Crippen molar-refractivity contribution in [3.05, 3.63) is 54.6 Å². The smallest absolute Gasteiger partial charge is 0.119 e. The minimum atomic E-state index is -0.508.